The number of nitrogens with zero attached hydrogens (tertiary/aromatic N) is 1. The molecule has 1 aromatic rings. The van der Waals surface area contributed by atoms with E-state index in [1.807, 2.05) is 6.07 Å². The number of rotatable bonds is 5. The van der Waals surface area contributed by atoms with Crippen LogP contribution in [0.5, 0.6) is 11.5 Å². The number of hydrogen-bond donors (Lipinski definition) is 2. The Labute approximate surface area is 146 Å². The van der Waals surface area contributed by atoms with Crippen LogP contribution in [-0.2, 0) is 9.59 Å². The number of carbonyl (C=O) groups excluding carboxylic acids is 2. The largest absolute Gasteiger partial charge is 0.486 e. The van der Waals surface area contributed by atoms with Gasteiger partial charge in [-0.05, 0) is 25.1 Å². The number of nitrogens with two attached hydrogens (primary N) is 1. The zero-order chi connectivity index (χ0) is 16.2. The van der Waals surface area contributed by atoms with E-state index in [0.29, 0.717) is 44.3 Å². The Balaban J connectivity index is 0.00000208. The third-order valence-corrected chi connectivity index (χ3v) is 4.01. The van der Waals surface area contributed by atoms with E-state index in [4.69, 9.17) is 15.2 Å². The summed E-state index contributed by atoms with van der Waals surface area (Å²) in [4.78, 5) is 26.0. The molecule has 2 aliphatic heterocycles. The van der Waals surface area contributed by atoms with Gasteiger partial charge in [-0.3, -0.25) is 9.59 Å². The van der Waals surface area contributed by atoms with E-state index in [9.17, 15) is 9.59 Å². The average molecular weight is 356 g/mol. The summed E-state index contributed by atoms with van der Waals surface area (Å²) in [7, 11) is 0. The summed E-state index contributed by atoms with van der Waals surface area (Å²) in [6, 6.07) is 5.41. The second-order valence-electron chi connectivity index (χ2n) is 5.67. The first kappa shape index (κ1) is 18.4. The van der Waals surface area contributed by atoms with Gasteiger partial charge in [0, 0.05) is 31.3 Å². The molecule has 1 atom stereocenters. The number of amides is 2. The maximum absolute atomic E-state index is 12.2. The molecule has 0 aromatic heterocycles. The van der Waals surface area contributed by atoms with Gasteiger partial charge in [-0.15, -0.1) is 12.4 Å². The molecular weight excluding hydrogens is 334 g/mol. The van der Waals surface area contributed by atoms with E-state index < -0.39 is 0 Å². The van der Waals surface area contributed by atoms with Crippen LogP contribution in [0.15, 0.2) is 18.2 Å². The molecule has 0 spiro atoms. The Bertz CT molecular complexity index is 611. The first-order chi connectivity index (χ1) is 11.2. The smallest absolute Gasteiger partial charge is 0.227 e. The second-order valence-corrected chi connectivity index (χ2v) is 5.67. The normalized spacial score (nSPS) is 19.0. The molecule has 0 bridgehead atoms. The van der Waals surface area contributed by atoms with Crippen LogP contribution < -0.4 is 25.4 Å². The topological polar surface area (TPSA) is 93.9 Å². The molecule has 3 rings (SSSR count). The van der Waals surface area contributed by atoms with Crippen molar-refractivity contribution in [1.82, 2.24) is 5.32 Å². The second kappa shape index (κ2) is 8.21. The molecule has 0 radical (unpaired) electrons. The molecule has 8 heteroatoms. The molecule has 132 valence electrons. The van der Waals surface area contributed by atoms with Gasteiger partial charge in [0.1, 0.15) is 13.2 Å². The lowest BCUT2D eigenvalue weighted by Gasteiger charge is -2.22. The van der Waals surface area contributed by atoms with E-state index in [1.54, 1.807) is 17.0 Å². The van der Waals surface area contributed by atoms with Crippen LogP contribution in [-0.4, -0.2) is 44.7 Å². The predicted octanol–water partition coefficient (Wildman–Crippen LogP) is 0.697. The minimum Gasteiger partial charge on any atom is -0.486 e. The van der Waals surface area contributed by atoms with Crippen molar-refractivity contribution >= 4 is 29.9 Å². The Morgan fingerprint density at radius 3 is 2.79 bits per heavy atom. The summed E-state index contributed by atoms with van der Waals surface area (Å²) in [6.07, 6.45) is 0.960. The highest BCUT2D eigenvalue weighted by Crippen LogP contribution is 2.35. The van der Waals surface area contributed by atoms with Gasteiger partial charge in [-0.2, -0.15) is 0 Å². The molecule has 3 N–H and O–H groups in total. The SMILES string of the molecule is Cl.NCCCNC(=O)C1CC(=O)N(c2ccc3c(c2)OCCO3)C1. The Morgan fingerprint density at radius 2 is 2.04 bits per heavy atom. The number of hydrogen-bond acceptors (Lipinski definition) is 5. The fraction of sp³-hybridized carbons (Fsp3) is 0.500. The van der Waals surface area contributed by atoms with E-state index in [-0.39, 0.29) is 36.6 Å². The van der Waals surface area contributed by atoms with Crippen LogP contribution in [0, 0.1) is 5.92 Å². The Morgan fingerprint density at radius 1 is 1.29 bits per heavy atom. The highest BCUT2D eigenvalue weighted by atomic mass is 35.5. The molecule has 2 aliphatic rings. The van der Waals surface area contributed by atoms with Crippen molar-refractivity contribution in [3.05, 3.63) is 18.2 Å². The minimum atomic E-state index is -0.325. The molecule has 24 heavy (non-hydrogen) atoms. The summed E-state index contributed by atoms with van der Waals surface area (Å²) >= 11 is 0. The zero-order valence-corrected chi connectivity index (χ0v) is 14.1. The summed E-state index contributed by atoms with van der Waals surface area (Å²) in [5.41, 5.74) is 6.14. The van der Waals surface area contributed by atoms with Gasteiger partial charge in [-0.25, -0.2) is 0 Å². The zero-order valence-electron chi connectivity index (χ0n) is 13.3. The number of nitrogens with one attached hydrogen (secondary N) is 1. The number of benzene rings is 1. The van der Waals surface area contributed by atoms with Gasteiger partial charge in [0.05, 0.1) is 5.92 Å². The first-order valence-corrected chi connectivity index (χ1v) is 7.87. The molecule has 0 aliphatic carbocycles. The third-order valence-electron chi connectivity index (χ3n) is 4.01. The quantitative estimate of drug-likeness (QED) is 0.758. The van der Waals surface area contributed by atoms with Crippen molar-refractivity contribution < 1.29 is 19.1 Å². The van der Waals surface area contributed by atoms with Crippen molar-refractivity contribution in [2.24, 2.45) is 11.7 Å². The number of carbonyl (C=O) groups is 2. The standard InChI is InChI=1S/C16H21N3O4.ClH/c17-4-1-5-18-16(21)11-8-15(20)19(10-11)12-2-3-13-14(9-12)23-7-6-22-13;/h2-3,9,11H,1,4-8,10,17H2,(H,18,21);1H. The predicted molar refractivity (Wildman–Crippen MR) is 91.8 cm³/mol. The van der Waals surface area contributed by atoms with Gasteiger partial charge in [0.15, 0.2) is 11.5 Å². The fourth-order valence-electron chi connectivity index (χ4n) is 2.79. The fourth-order valence-corrected chi connectivity index (χ4v) is 2.79. The Kier molecular flexibility index (Phi) is 6.28. The first-order valence-electron chi connectivity index (χ1n) is 7.87. The summed E-state index contributed by atoms with van der Waals surface area (Å²) in [5, 5.41) is 2.83. The van der Waals surface area contributed by atoms with Crippen LogP contribution in [0.4, 0.5) is 5.69 Å². The van der Waals surface area contributed by atoms with E-state index >= 15 is 0 Å². The average Bonchev–Trinajstić information content (AvgIpc) is 2.96. The maximum atomic E-state index is 12.2. The monoisotopic (exact) mass is 355 g/mol. The van der Waals surface area contributed by atoms with Crippen LogP contribution in [0.25, 0.3) is 0 Å². The highest BCUT2D eigenvalue weighted by Gasteiger charge is 2.35. The van der Waals surface area contributed by atoms with Crippen LogP contribution in [0.3, 0.4) is 0 Å². The number of fused-ring (bicyclic) bond motifs is 1. The van der Waals surface area contributed by atoms with Crippen molar-refractivity contribution in [3.8, 4) is 11.5 Å². The lowest BCUT2D eigenvalue weighted by Crippen LogP contribution is -2.34. The molecule has 1 unspecified atom stereocenters. The van der Waals surface area contributed by atoms with Gasteiger partial charge < -0.3 is 25.4 Å². The molecule has 7 nitrogen and oxygen atoms in total. The molecule has 1 saturated heterocycles. The van der Waals surface area contributed by atoms with Crippen LogP contribution in [0.2, 0.25) is 0 Å². The molecular formula is C16H22ClN3O4. The van der Waals surface area contributed by atoms with E-state index in [0.717, 1.165) is 12.1 Å². The minimum absolute atomic E-state index is 0. The molecule has 1 aromatic carbocycles. The number of halogens is 1. The van der Waals surface area contributed by atoms with Crippen LogP contribution in [0.1, 0.15) is 12.8 Å². The van der Waals surface area contributed by atoms with Crippen molar-refractivity contribution in [2.45, 2.75) is 12.8 Å². The van der Waals surface area contributed by atoms with Crippen LogP contribution >= 0.6 is 12.4 Å². The van der Waals surface area contributed by atoms with Gasteiger partial charge in [-0.1, -0.05) is 0 Å². The summed E-state index contributed by atoms with van der Waals surface area (Å²) in [5.74, 6) is 0.848. The summed E-state index contributed by atoms with van der Waals surface area (Å²) in [6.45, 7) is 2.49. The lowest BCUT2D eigenvalue weighted by atomic mass is 10.1. The van der Waals surface area contributed by atoms with Crippen molar-refractivity contribution in [2.75, 3.05) is 37.7 Å². The maximum Gasteiger partial charge on any atom is 0.227 e. The third kappa shape index (κ3) is 3.91. The van der Waals surface area contributed by atoms with Gasteiger partial charge in [0.25, 0.3) is 0 Å². The molecule has 0 saturated carbocycles. The molecule has 2 heterocycles. The molecule has 1 fully saturated rings. The highest BCUT2D eigenvalue weighted by molar-refractivity contribution is 6.00. The lowest BCUT2D eigenvalue weighted by molar-refractivity contribution is -0.126. The van der Waals surface area contributed by atoms with E-state index in [1.165, 1.54) is 0 Å². The van der Waals surface area contributed by atoms with Gasteiger partial charge in [0.2, 0.25) is 11.8 Å². The van der Waals surface area contributed by atoms with Crippen molar-refractivity contribution in [3.63, 3.8) is 0 Å². The number of anilines is 1. The summed E-state index contributed by atoms with van der Waals surface area (Å²) < 4.78 is 11.0. The van der Waals surface area contributed by atoms with Crippen molar-refractivity contribution in [1.29, 1.82) is 0 Å². The Hall–Kier alpha value is -1.99. The van der Waals surface area contributed by atoms with Gasteiger partial charge >= 0.3 is 0 Å². The van der Waals surface area contributed by atoms with E-state index in [2.05, 4.69) is 5.32 Å². The molecule has 2 amide bonds. The number of ether oxygens (including phenoxy) is 2.